The van der Waals surface area contributed by atoms with Crippen LogP contribution in [0.3, 0.4) is 0 Å². The van der Waals surface area contributed by atoms with Crippen molar-refractivity contribution in [1.29, 1.82) is 0 Å². The number of carbonyl (C=O) groups is 1. The van der Waals surface area contributed by atoms with E-state index in [0.717, 1.165) is 11.6 Å². The maximum atomic E-state index is 13.7. The second-order valence-corrected chi connectivity index (χ2v) is 5.49. The maximum absolute atomic E-state index is 13.7. The highest BCUT2D eigenvalue weighted by Crippen LogP contribution is 2.34. The Morgan fingerprint density at radius 2 is 2.00 bits per heavy atom. The van der Waals surface area contributed by atoms with E-state index in [2.05, 4.69) is 10.6 Å². The standard InChI is InChI=1S/C16H14ClFN2O3/c1-9(10-2-5-14-15(6-10)23-8-22-14)19-16(21)20-13-4-3-11(17)7-12(13)18/h2-7,9H,8H2,1H3,(H2,19,20,21)/t9-/m1/s1. The van der Waals surface area contributed by atoms with Crippen LogP contribution in [-0.2, 0) is 0 Å². The van der Waals surface area contributed by atoms with Gasteiger partial charge in [-0.2, -0.15) is 0 Å². The van der Waals surface area contributed by atoms with Gasteiger partial charge in [0.05, 0.1) is 11.7 Å². The van der Waals surface area contributed by atoms with Crippen molar-refractivity contribution >= 4 is 23.3 Å². The van der Waals surface area contributed by atoms with Gasteiger partial charge in [0.25, 0.3) is 0 Å². The second-order valence-electron chi connectivity index (χ2n) is 5.06. The molecule has 2 aromatic rings. The summed E-state index contributed by atoms with van der Waals surface area (Å²) in [5.74, 6) is 0.720. The Hall–Kier alpha value is -2.47. The molecule has 7 heteroatoms. The van der Waals surface area contributed by atoms with Gasteiger partial charge < -0.3 is 20.1 Å². The first kappa shape index (κ1) is 15.4. The van der Waals surface area contributed by atoms with Gasteiger partial charge in [0.2, 0.25) is 6.79 Å². The minimum atomic E-state index is -0.594. The third-order valence-corrected chi connectivity index (χ3v) is 3.66. The Morgan fingerprint density at radius 1 is 1.22 bits per heavy atom. The number of benzene rings is 2. The summed E-state index contributed by atoms with van der Waals surface area (Å²) in [4.78, 5) is 12.0. The minimum absolute atomic E-state index is 0.0600. The molecule has 1 atom stereocenters. The van der Waals surface area contributed by atoms with Gasteiger partial charge in [0, 0.05) is 5.02 Å². The van der Waals surface area contributed by atoms with Crippen LogP contribution in [0.5, 0.6) is 11.5 Å². The molecule has 23 heavy (non-hydrogen) atoms. The molecule has 120 valence electrons. The Balaban J connectivity index is 1.65. The zero-order valence-electron chi connectivity index (χ0n) is 12.2. The highest BCUT2D eigenvalue weighted by atomic mass is 35.5. The maximum Gasteiger partial charge on any atom is 0.319 e. The van der Waals surface area contributed by atoms with E-state index in [-0.39, 0.29) is 23.5 Å². The lowest BCUT2D eigenvalue weighted by atomic mass is 10.1. The molecule has 0 saturated carbocycles. The SMILES string of the molecule is C[C@@H](NC(=O)Nc1ccc(Cl)cc1F)c1ccc2c(c1)OCO2. The van der Waals surface area contributed by atoms with Gasteiger partial charge in [0.15, 0.2) is 11.5 Å². The molecule has 5 nitrogen and oxygen atoms in total. The second kappa shape index (κ2) is 6.34. The largest absolute Gasteiger partial charge is 0.454 e. The molecule has 0 fully saturated rings. The number of carbonyl (C=O) groups excluding carboxylic acids is 1. The van der Waals surface area contributed by atoms with E-state index < -0.39 is 11.8 Å². The van der Waals surface area contributed by atoms with Gasteiger partial charge in [-0.3, -0.25) is 0 Å². The fraction of sp³-hybridized carbons (Fsp3) is 0.188. The summed E-state index contributed by atoms with van der Waals surface area (Å²) in [5.41, 5.74) is 0.908. The predicted octanol–water partition coefficient (Wildman–Crippen LogP) is 4.09. The predicted molar refractivity (Wildman–Crippen MR) is 84.5 cm³/mol. The molecule has 0 radical (unpaired) electrons. The quantitative estimate of drug-likeness (QED) is 0.887. The van der Waals surface area contributed by atoms with E-state index in [9.17, 15) is 9.18 Å². The van der Waals surface area contributed by atoms with Gasteiger partial charge >= 0.3 is 6.03 Å². The number of rotatable bonds is 3. The zero-order valence-corrected chi connectivity index (χ0v) is 13.0. The van der Waals surface area contributed by atoms with Gasteiger partial charge in [-0.05, 0) is 42.8 Å². The molecule has 0 spiro atoms. The van der Waals surface area contributed by atoms with Crippen molar-refractivity contribution in [3.63, 3.8) is 0 Å². The summed E-state index contributed by atoms with van der Waals surface area (Å²) >= 11 is 5.67. The summed E-state index contributed by atoms with van der Waals surface area (Å²) in [7, 11) is 0. The summed E-state index contributed by atoms with van der Waals surface area (Å²) in [6.07, 6.45) is 0. The van der Waals surface area contributed by atoms with Crippen LogP contribution in [0.2, 0.25) is 5.02 Å². The summed E-state index contributed by atoms with van der Waals surface area (Å²) in [6, 6.07) is 8.66. The zero-order chi connectivity index (χ0) is 16.4. The van der Waals surface area contributed by atoms with E-state index in [1.54, 1.807) is 12.1 Å². The lowest BCUT2D eigenvalue weighted by molar-refractivity contribution is 0.174. The number of amides is 2. The van der Waals surface area contributed by atoms with E-state index >= 15 is 0 Å². The summed E-state index contributed by atoms with van der Waals surface area (Å²) in [6.45, 7) is 2.01. The molecule has 1 aliphatic heterocycles. The van der Waals surface area contributed by atoms with Crippen LogP contribution in [0.15, 0.2) is 36.4 Å². The van der Waals surface area contributed by atoms with Crippen molar-refractivity contribution in [1.82, 2.24) is 5.32 Å². The van der Waals surface area contributed by atoms with E-state index in [1.807, 2.05) is 13.0 Å². The van der Waals surface area contributed by atoms with Crippen molar-refractivity contribution in [2.24, 2.45) is 0 Å². The van der Waals surface area contributed by atoms with Gasteiger partial charge in [0.1, 0.15) is 5.82 Å². The smallest absolute Gasteiger partial charge is 0.319 e. The first-order chi connectivity index (χ1) is 11.0. The molecule has 3 rings (SSSR count). The molecular weight excluding hydrogens is 323 g/mol. The topological polar surface area (TPSA) is 59.6 Å². The highest BCUT2D eigenvalue weighted by Gasteiger charge is 2.17. The third kappa shape index (κ3) is 3.48. The summed E-state index contributed by atoms with van der Waals surface area (Å²) < 4.78 is 24.2. The van der Waals surface area contributed by atoms with Crippen LogP contribution in [0.25, 0.3) is 0 Å². The molecule has 2 N–H and O–H groups in total. The molecule has 0 unspecified atom stereocenters. The van der Waals surface area contributed by atoms with Crippen molar-refractivity contribution in [3.8, 4) is 11.5 Å². The van der Waals surface area contributed by atoms with E-state index in [0.29, 0.717) is 11.5 Å². The van der Waals surface area contributed by atoms with Gasteiger partial charge in [-0.1, -0.05) is 17.7 Å². The third-order valence-electron chi connectivity index (χ3n) is 3.42. The fourth-order valence-corrected chi connectivity index (χ4v) is 2.37. The number of hydrogen-bond acceptors (Lipinski definition) is 3. The number of halogens is 2. The molecule has 2 aromatic carbocycles. The summed E-state index contributed by atoms with van der Waals surface area (Å²) in [5, 5.41) is 5.45. The van der Waals surface area contributed by atoms with Crippen LogP contribution >= 0.6 is 11.6 Å². The van der Waals surface area contributed by atoms with E-state index in [1.165, 1.54) is 12.1 Å². The first-order valence-electron chi connectivity index (χ1n) is 6.95. The van der Waals surface area contributed by atoms with Crippen LogP contribution in [-0.4, -0.2) is 12.8 Å². The lowest BCUT2D eigenvalue weighted by Crippen LogP contribution is -2.31. The fourth-order valence-electron chi connectivity index (χ4n) is 2.21. The van der Waals surface area contributed by atoms with Crippen LogP contribution in [0.4, 0.5) is 14.9 Å². The first-order valence-corrected chi connectivity index (χ1v) is 7.33. The molecule has 0 bridgehead atoms. The minimum Gasteiger partial charge on any atom is -0.454 e. The normalized spacial score (nSPS) is 13.5. The molecule has 1 heterocycles. The molecule has 0 aliphatic carbocycles. The molecule has 2 amide bonds. The van der Waals surface area contributed by atoms with Crippen LogP contribution in [0.1, 0.15) is 18.5 Å². The average Bonchev–Trinajstić information content (AvgIpc) is 2.97. The van der Waals surface area contributed by atoms with Crippen molar-refractivity contribution in [3.05, 3.63) is 52.8 Å². The molecule has 0 aromatic heterocycles. The monoisotopic (exact) mass is 336 g/mol. The van der Waals surface area contributed by atoms with Crippen LogP contribution < -0.4 is 20.1 Å². The Kier molecular flexibility index (Phi) is 4.25. The van der Waals surface area contributed by atoms with Crippen molar-refractivity contribution < 1.29 is 18.7 Å². The molecule has 0 saturated heterocycles. The highest BCUT2D eigenvalue weighted by molar-refractivity contribution is 6.30. The molecule has 1 aliphatic rings. The number of anilines is 1. The van der Waals surface area contributed by atoms with E-state index in [4.69, 9.17) is 21.1 Å². The average molecular weight is 337 g/mol. The lowest BCUT2D eigenvalue weighted by Gasteiger charge is -2.16. The Bertz CT molecular complexity index is 754. The van der Waals surface area contributed by atoms with Gasteiger partial charge in [-0.25, -0.2) is 9.18 Å². The van der Waals surface area contributed by atoms with Crippen molar-refractivity contribution in [2.45, 2.75) is 13.0 Å². The number of nitrogens with one attached hydrogen (secondary N) is 2. The number of ether oxygens (including phenoxy) is 2. The number of fused-ring (bicyclic) bond motifs is 1. The Labute approximate surface area is 137 Å². The van der Waals surface area contributed by atoms with Crippen molar-refractivity contribution in [2.75, 3.05) is 12.1 Å². The number of hydrogen-bond donors (Lipinski definition) is 2. The van der Waals surface area contributed by atoms with Gasteiger partial charge in [-0.15, -0.1) is 0 Å². The van der Waals surface area contributed by atoms with Crippen LogP contribution in [0, 0.1) is 5.82 Å². The number of urea groups is 1. The Morgan fingerprint density at radius 3 is 2.78 bits per heavy atom. The molecular formula is C16H14ClFN2O3.